The summed E-state index contributed by atoms with van der Waals surface area (Å²) in [7, 11) is 3.99. The van der Waals surface area contributed by atoms with Gasteiger partial charge in [-0.15, -0.1) is 0 Å². The summed E-state index contributed by atoms with van der Waals surface area (Å²) in [6, 6.07) is 15.6. The Hall–Kier alpha value is -2.40. The smallest absolute Gasteiger partial charge is 0.275 e. The third-order valence-electron chi connectivity index (χ3n) is 3.53. The van der Waals surface area contributed by atoms with Crippen LogP contribution in [0.25, 0.3) is 6.08 Å². The molecule has 4 nitrogen and oxygen atoms in total. The van der Waals surface area contributed by atoms with E-state index in [-0.39, 0.29) is 5.91 Å². The SMILES string of the molecule is CN(C)c1ccc(/C=C2\N=C(c3ccc(Br)cc3)NC2=O)cc1. The lowest BCUT2D eigenvalue weighted by Crippen LogP contribution is -2.24. The number of aliphatic imine (C=N–C) groups is 1. The third-order valence-corrected chi connectivity index (χ3v) is 4.06. The number of amides is 1. The lowest BCUT2D eigenvalue weighted by atomic mass is 10.1. The van der Waals surface area contributed by atoms with Crippen molar-refractivity contribution in [3.63, 3.8) is 0 Å². The molecule has 1 amide bonds. The number of benzene rings is 2. The minimum Gasteiger partial charge on any atom is -0.378 e. The molecule has 3 rings (SSSR count). The van der Waals surface area contributed by atoms with Gasteiger partial charge in [-0.2, -0.15) is 0 Å². The Morgan fingerprint density at radius 1 is 1.04 bits per heavy atom. The minimum atomic E-state index is -0.181. The average Bonchev–Trinajstić information content (AvgIpc) is 2.89. The van der Waals surface area contributed by atoms with Gasteiger partial charge < -0.3 is 10.2 Å². The highest BCUT2D eigenvalue weighted by molar-refractivity contribution is 9.10. The molecule has 1 heterocycles. The molecule has 0 aromatic heterocycles. The maximum atomic E-state index is 12.1. The molecular formula is C18H16BrN3O. The van der Waals surface area contributed by atoms with Crippen molar-refractivity contribution in [2.45, 2.75) is 0 Å². The van der Waals surface area contributed by atoms with E-state index in [1.807, 2.05) is 67.5 Å². The number of anilines is 1. The third kappa shape index (κ3) is 3.51. The van der Waals surface area contributed by atoms with Crippen LogP contribution in [0.1, 0.15) is 11.1 Å². The topological polar surface area (TPSA) is 44.7 Å². The van der Waals surface area contributed by atoms with E-state index in [9.17, 15) is 4.79 Å². The van der Waals surface area contributed by atoms with E-state index in [1.165, 1.54) is 0 Å². The van der Waals surface area contributed by atoms with Crippen LogP contribution in [-0.2, 0) is 4.79 Å². The molecule has 2 aromatic rings. The number of nitrogens with zero attached hydrogens (tertiary/aromatic N) is 2. The van der Waals surface area contributed by atoms with Gasteiger partial charge in [-0.3, -0.25) is 4.79 Å². The van der Waals surface area contributed by atoms with Gasteiger partial charge in [-0.05, 0) is 35.9 Å². The van der Waals surface area contributed by atoms with E-state index in [0.29, 0.717) is 11.5 Å². The van der Waals surface area contributed by atoms with E-state index in [2.05, 4.69) is 26.2 Å². The normalized spacial score (nSPS) is 15.5. The molecule has 0 saturated carbocycles. The molecule has 0 fully saturated rings. The van der Waals surface area contributed by atoms with Crippen molar-refractivity contribution in [3.05, 3.63) is 69.8 Å². The van der Waals surface area contributed by atoms with Crippen LogP contribution in [0, 0.1) is 0 Å². The lowest BCUT2D eigenvalue weighted by molar-refractivity contribution is -0.115. The maximum Gasteiger partial charge on any atom is 0.275 e. The van der Waals surface area contributed by atoms with Crippen LogP contribution in [0.5, 0.6) is 0 Å². The summed E-state index contributed by atoms with van der Waals surface area (Å²) in [5, 5.41) is 2.81. The van der Waals surface area contributed by atoms with Crippen molar-refractivity contribution in [1.82, 2.24) is 5.32 Å². The minimum absolute atomic E-state index is 0.181. The van der Waals surface area contributed by atoms with Crippen molar-refractivity contribution in [3.8, 4) is 0 Å². The highest BCUT2D eigenvalue weighted by Crippen LogP contribution is 2.18. The number of halogens is 1. The monoisotopic (exact) mass is 369 g/mol. The molecule has 0 spiro atoms. The van der Waals surface area contributed by atoms with Crippen LogP contribution >= 0.6 is 15.9 Å². The highest BCUT2D eigenvalue weighted by atomic mass is 79.9. The van der Waals surface area contributed by atoms with Crippen LogP contribution in [0.3, 0.4) is 0 Å². The molecular weight excluding hydrogens is 354 g/mol. The standard InChI is InChI=1S/C18H16BrN3O/c1-22(2)15-9-3-12(4-10-15)11-16-18(23)21-17(20-16)13-5-7-14(19)8-6-13/h3-11H,1-2H3,(H,20,21,23)/b16-11-. The first-order valence-corrected chi connectivity index (χ1v) is 7.97. The Morgan fingerprint density at radius 2 is 1.70 bits per heavy atom. The fraction of sp³-hybridized carbons (Fsp3) is 0.111. The molecule has 0 saturated heterocycles. The molecule has 0 bridgehead atoms. The molecule has 23 heavy (non-hydrogen) atoms. The quantitative estimate of drug-likeness (QED) is 0.842. The number of carbonyl (C=O) groups is 1. The predicted octanol–water partition coefficient (Wildman–Crippen LogP) is 3.43. The van der Waals surface area contributed by atoms with Gasteiger partial charge in [0.1, 0.15) is 11.5 Å². The predicted molar refractivity (Wildman–Crippen MR) is 97.6 cm³/mol. The van der Waals surface area contributed by atoms with Crippen molar-refractivity contribution >= 4 is 39.4 Å². The largest absolute Gasteiger partial charge is 0.378 e. The van der Waals surface area contributed by atoms with Crippen LogP contribution in [-0.4, -0.2) is 25.8 Å². The second-order valence-electron chi connectivity index (χ2n) is 5.44. The molecule has 116 valence electrons. The van der Waals surface area contributed by atoms with E-state index >= 15 is 0 Å². The number of hydrogen-bond acceptors (Lipinski definition) is 3. The number of carbonyl (C=O) groups excluding carboxylic acids is 1. The Bertz CT molecular complexity index is 790. The zero-order valence-electron chi connectivity index (χ0n) is 12.9. The van der Waals surface area contributed by atoms with Gasteiger partial charge in [0.2, 0.25) is 0 Å². The summed E-state index contributed by atoms with van der Waals surface area (Å²) in [6.07, 6.45) is 1.79. The molecule has 0 unspecified atom stereocenters. The summed E-state index contributed by atoms with van der Waals surface area (Å²) in [6.45, 7) is 0. The Kier molecular flexibility index (Phi) is 4.30. The maximum absolute atomic E-state index is 12.1. The second kappa shape index (κ2) is 6.38. The highest BCUT2D eigenvalue weighted by Gasteiger charge is 2.20. The fourth-order valence-corrected chi connectivity index (χ4v) is 2.50. The van der Waals surface area contributed by atoms with Crippen LogP contribution in [0.15, 0.2) is 63.7 Å². The Morgan fingerprint density at radius 3 is 2.30 bits per heavy atom. The Balaban J connectivity index is 1.87. The summed E-state index contributed by atoms with van der Waals surface area (Å²) in [4.78, 5) is 18.5. The van der Waals surface area contributed by atoms with Crippen molar-refractivity contribution in [1.29, 1.82) is 0 Å². The summed E-state index contributed by atoms with van der Waals surface area (Å²) < 4.78 is 0.989. The molecule has 2 aromatic carbocycles. The van der Waals surface area contributed by atoms with Crippen LogP contribution < -0.4 is 10.2 Å². The molecule has 1 aliphatic rings. The number of nitrogens with one attached hydrogen (secondary N) is 1. The van der Waals surface area contributed by atoms with Gasteiger partial charge in [-0.1, -0.05) is 40.2 Å². The van der Waals surface area contributed by atoms with Crippen LogP contribution in [0.2, 0.25) is 0 Å². The molecule has 0 aliphatic carbocycles. The van der Waals surface area contributed by atoms with Gasteiger partial charge >= 0.3 is 0 Å². The molecule has 0 radical (unpaired) electrons. The van der Waals surface area contributed by atoms with Gasteiger partial charge in [0.05, 0.1) is 0 Å². The molecule has 1 aliphatic heterocycles. The average molecular weight is 370 g/mol. The first-order valence-electron chi connectivity index (χ1n) is 7.18. The summed E-state index contributed by atoms with van der Waals surface area (Å²) >= 11 is 3.40. The van der Waals surface area contributed by atoms with E-state index in [0.717, 1.165) is 21.3 Å². The lowest BCUT2D eigenvalue weighted by Gasteiger charge is -2.11. The van der Waals surface area contributed by atoms with E-state index in [4.69, 9.17) is 0 Å². The molecule has 1 N–H and O–H groups in total. The number of rotatable bonds is 3. The fourth-order valence-electron chi connectivity index (χ4n) is 2.24. The van der Waals surface area contributed by atoms with Gasteiger partial charge in [0.25, 0.3) is 5.91 Å². The van der Waals surface area contributed by atoms with Gasteiger partial charge in [0.15, 0.2) is 0 Å². The summed E-state index contributed by atoms with van der Waals surface area (Å²) in [5.74, 6) is 0.401. The summed E-state index contributed by atoms with van der Waals surface area (Å²) in [5.41, 5.74) is 3.36. The van der Waals surface area contributed by atoms with Crippen molar-refractivity contribution in [2.75, 3.05) is 19.0 Å². The van der Waals surface area contributed by atoms with Crippen molar-refractivity contribution in [2.24, 2.45) is 4.99 Å². The van der Waals surface area contributed by atoms with Gasteiger partial charge in [0, 0.05) is 29.8 Å². The zero-order chi connectivity index (χ0) is 16.4. The first-order chi connectivity index (χ1) is 11.0. The van der Waals surface area contributed by atoms with E-state index < -0.39 is 0 Å². The second-order valence-corrected chi connectivity index (χ2v) is 6.35. The number of amidine groups is 1. The Labute approximate surface area is 143 Å². The van der Waals surface area contributed by atoms with Crippen LogP contribution in [0.4, 0.5) is 5.69 Å². The number of hydrogen-bond donors (Lipinski definition) is 1. The van der Waals surface area contributed by atoms with E-state index in [1.54, 1.807) is 6.08 Å². The first kappa shape index (κ1) is 15.5. The van der Waals surface area contributed by atoms with Crippen molar-refractivity contribution < 1.29 is 4.79 Å². The zero-order valence-corrected chi connectivity index (χ0v) is 14.5. The molecule has 5 heteroatoms. The molecule has 0 atom stereocenters. The van der Waals surface area contributed by atoms with Gasteiger partial charge in [-0.25, -0.2) is 4.99 Å².